The molecule has 1 amide bonds. The van der Waals surface area contributed by atoms with Gasteiger partial charge in [0.15, 0.2) is 0 Å². The van der Waals surface area contributed by atoms with Gasteiger partial charge in [-0.15, -0.1) is 0 Å². The third kappa shape index (κ3) is 4.94. The molecule has 1 N–H and O–H groups in total. The second-order valence-corrected chi connectivity index (χ2v) is 4.36. The number of carbonyl (C=O) groups is 1. The van der Waals surface area contributed by atoms with Gasteiger partial charge in [0.25, 0.3) is 0 Å². The van der Waals surface area contributed by atoms with Crippen molar-refractivity contribution in [2.45, 2.75) is 19.1 Å². The Kier molecular flexibility index (Phi) is 6.07. The van der Waals surface area contributed by atoms with Gasteiger partial charge >= 0.3 is 5.82 Å². The third-order valence-corrected chi connectivity index (χ3v) is 2.66. The standard InChI is InChI=1S/C11H18N4O5/c1-13(5-9(16)7-20-2)11(17)3-4-14-6-10(12-8-14)15(18)19/h6,8-9,16H,3-5,7H2,1-2H3. The molecule has 0 saturated carbocycles. The zero-order chi connectivity index (χ0) is 15.1. The van der Waals surface area contributed by atoms with Crippen LogP contribution >= 0.6 is 0 Å². The molecule has 1 aromatic heterocycles. The van der Waals surface area contributed by atoms with Crippen LogP contribution in [-0.4, -0.2) is 63.8 Å². The molecule has 9 heteroatoms. The van der Waals surface area contributed by atoms with Gasteiger partial charge in [-0.05, 0) is 9.91 Å². The number of nitrogens with zero attached hydrogens (tertiary/aromatic N) is 4. The first kappa shape index (κ1) is 16.1. The number of amides is 1. The fourth-order valence-electron chi connectivity index (χ4n) is 1.64. The molecule has 0 saturated heterocycles. The topological polar surface area (TPSA) is 111 Å². The monoisotopic (exact) mass is 286 g/mol. The van der Waals surface area contributed by atoms with Crippen molar-refractivity contribution in [3.63, 3.8) is 0 Å². The maximum atomic E-state index is 11.8. The molecule has 0 aromatic carbocycles. The molecule has 1 rings (SSSR count). The first-order valence-electron chi connectivity index (χ1n) is 6.01. The lowest BCUT2D eigenvalue weighted by Crippen LogP contribution is -2.36. The summed E-state index contributed by atoms with van der Waals surface area (Å²) in [5.41, 5.74) is 0. The summed E-state index contributed by atoms with van der Waals surface area (Å²) in [6.07, 6.45) is 2.02. The number of rotatable bonds is 8. The van der Waals surface area contributed by atoms with E-state index >= 15 is 0 Å². The van der Waals surface area contributed by atoms with Crippen LogP contribution in [0.3, 0.4) is 0 Å². The number of likely N-dealkylation sites (N-methyl/N-ethyl adjacent to an activating group) is 1. The Balaban J connectivity index is 2.39. The van der Waals surface area contributed by atoms with Gasteiger partial charge in [-0.25, -0.2) is 0 Å². The van der Waals surface area contributed by atoms with E-state index in [0.29, 0.717) is 6.54 Å². The van der Waals surface area contributed by atoms with Crippen LogP contribution in [0, 0.1) is 10.1 Å². The van der Waals surface area contributed by atoms with Crippen molar-refractivity contribution in [1.82, 2.24) is 14.5 Å². The van der Waals surface area contributed by atoms with Crippen molar-refractivity contribution in [1.29, 1.82) is 0 Å². The number of imidazole rings is 1. The third-order valence-electron chi connectivity index (χ3n) is 2.66. The van der Waals surface area contributed by atoms with Crippen LogP contribution in [0.4, 0.5) is 5.82 Å². The molecular formula is C11H18N4O5. The predicted molar refractivity (Wildman–Crippen MR) is 69.0 cm³/mol. The molecule has 9 nitrogen and oxygen atoms in total. The van der Waals surface area contributed by atoms with E-state index in [0.717, 1.165) is 0 Å². The zero-order valence-electron chi connectivity index (χ0n) is 11.4. The normalized spacial score (nSPS) is 12.2. The number of hydrogen-bond donors (Lipinski definition) is 1. The summed E-state index contributed by atoms with van der Waals surface area (Å²) in [4.78, 5) is 26.7. The molecule has 1 heterocycles. The Hall–Kier alpha value is -2.00. The van der Waals surface area contributed by atoms with Crippen molar-refractivity contribution in [2.75, 3.05) is 27.3 Å². The van der Waals surface area contributed by atoms with Gasteiger partial charge in [0.1, 0.15) is 6.20 Å². The van der Waals surface area contributed by atoms with E-state index in [4.69, 9.17) is 4.74 Å². The summed E-state index contributed by atoms with van der Waals surface area (Å²) >= 11 is 0. The first-order chi connectivity index (χ1) is 9.43. The Bertz CT molecular complexity index is 461. The van der Waals surface area contributed by atoms with Gasteiger partial charge in [-0.2, -0.15) is 0 Å². The minimum absolute atomic E-state index is 0.158. The summed E-state index contributed by atoms with van der Waals surface area (Å²) in [6, 6.07) is 0. The van der Waals surface area contributed by atoms with Gasteiger partial charge in [0.2, 0.25) is 12.2 Å². The van der Waals surface area contributed by atoms with Crippen molar-refractivity contribution in [3.8, 4) is 0 Å². The van der Waals surface area contributed by atoms with Gasteiger partial charge in [-0.1, -0.05) is 0 Å². The van der Waals surface area contributed by atoms with Crippen LogP contribution in [0.5, 0.6) is 0 Å². The molecule has 0 aliphatic rings. The van der Waals surface area contributed by atoms with Crippen molar-refractivity contribution in [3.05, 3.63) is 22.6 Å². The van der Waals surface area contributed by atoms with Crippen molar-refractivity contribution in [2.24, 2.45) is 0 Å². The average Bonchev–Trinajstić information content (AvgIpc) is 2.85. The van der Waals surface area contributed by atoms with E-state index < -0.39 is 11.0 Å². The molecule has 1 unspecified atom stereocenters. The molecular weight excluding hydrogens is 268 g/mol. The number of aliphatic hydroxyl groups is 1. The SMILES string of the molecule is COCC(O)CN(C)C(=O)CCn1cnc([N+](=O)[O-])c1. The molecule has 1 atom stereocenters. The molecule has 112 valence electrons. The Morgan fingerprint density at radius 3 is 2.95 bits per heavy atom. The lowest BCUT2D eigenvalue weighted by Gasteiger charge is -2.20. The molecule has 0 bridgehead atoms. The van der Waals surface area contributed by atoms with Gasteiger partial charge in [-0.3, -0.25) is 4.79 Å². The molecule has 0 aliphatic heterocycles. The number of hydrogen-bond acceptors (Lipinski definition) is 6. The van der Waals surface area contributed by atoms with Crippen molar-refractivity contribution >= 4 is 11.7 Å². The minimum atomic E-state index is -0.733. The summed E-state index contributed by atoms with van der Waals surface area (Å²) in [6.45, 7) is 0.631. The maximum absolute atomic E-state index is 11.8. The fraction of sp³-hybridized carbons (Fsp3) is 0.636. The second kappa shape index (κ2) is 7.56. The van der Waals surface area contributed by atoms with E-state index in [1.807, 2.05) is 0 Å². The second-order valence-electron chi connectivity index (χ2n) is 4.36. The summed E-state index contributed by atoms with van der Waals surface area (Å²) in [5, 5.41) is 20.0. The van der Waals surface area contributed by atoms with Crippen LogP contribution in [-0.2, 0) is 16.1 Å². The van der Waals surface area contributed by atoms with E-state index in [2.05, 4.69) is 4.98 Å². The molecule has 20 heavy (non-hydrogen) atoms. The van der Waals surface area contributed by atoms with E-state index in [1.54, 1.807) is 7.05 Å². The van der Waals surface area contributed by atoms with E-state index in [9.17, 15) is 20.0 Å². The van der Waals surface area contributed by atoms with Gasteiger partial charge < -0.3 is 29.4 Å². The van der Waals surface area contributed by atoms with Gasteiger partial charge in [0.05, 0.1) is 12.7 Å². The molecule has 0 radical (unpaired) electrons. The van der Waals surface area contributed by atoms with Crippen LogP contribution < -0.4 is 0 Å². The predicted octanol–water partition coefficient (Wildman–Crippen LogP) is -0.353. The Morgan fingerprint density at radius 1 is 1.70 bits per heavy atom. The van der Waals surface area contributed by atoms with Gasteiger partial charge in [0, 0.05) is 33.7 Å². The van der Waals surface area contributed by atoms with E-state index in [1.165, 1.54) is 29.1 Å². The number of aromatic nitrogens is 2. The highest BCUT2D eigenvalue weighted by Gasteiger charge is 2.15. The minimum Gasteiger partial charge on any atom is -0.389 e. The quantitative estimate of drug-likeness (QED) is 0.516. The van der Waals surface area contributed by atoms with E-state index in [-0.39, 0.29) is 31.3 Å². The highest BCUT2D eigenvalue weighted by molar-refractivity contribution is 5.75. The number of methoxy groups -OCH3 is 1. The van der Waals surface area contributed by atoms with Crippen molar-refractivity contribution < 1.29 is 19.6 Å². The molecule has 0 spiro atoms. The fourth-order valence-corrected chi connectivity index (χ4v) is 1.64. The average molecular weight is 286 g/mol. The van der Waals surface area contributed by atoms with Crippen LogP contribution in [0.2, 0.25) is 0 Å². The highest BCUT2D eigenvalue weighted by Crippen LogP contribution is 2.06. The zero-order valence-corrected chi connectivity index (χ0v) is 11.4. The summed E-state index contributed by atoms with van der Waals surface area (Å²) in [5.74, 6) is -0.419. The highest BCUT2D eigenvalue weighted by atomic mass is 16.6. The molecule has 0 aliphatic carbocycles. The largest absolute Gasteiger partial charge is 0.389 e. The first-order valence-corrected chi connectivity index (χ1v) is 6.01. The van der Waals surface area contributed by atoms with Crippen LogP contribution in [0.15, 0.2) is 12.5 Å². The molecule has 0 fully saturated rings. The summed E-state index contributed by atoms with van der Waals surface area (Å²) < 4.78 is 6.26. The number of nitro groups is 1. The molecule has 1 aromatic rings. The lowest BCUT2D eigenvalue weighted by atomic mass is 10.3. The summed E-state index contributed by atoms with van der Waals surface area (Å²) in [7, 11) is 3.05. The Labute approximate surface area is 115 Å². The number of aryl methyl sites for hydroxylation is 1. The lowest BCUT2D eigenvalue weighted by molar-refractivity contribution is -0.389. The van der Waals surface area contributed by atoms with Crippen LogP contribution in [0.25, 0.3) is 0 Å². The number of aliphatic hydroxyl groups excluding tert-OH is 1. The van der Waals surface area contributed by atoms with Crippen LogP contribution in [0.1, 0.15) is 6.42 Å². The number of carbonyl (C=O) groups excluding carboxylic acids is 1. The smallest absolute Gasteiger partial charge is 0.381 e. The Morgan fingerprint density at radius 2 is 2.40 bits per heavy atom. The maximum Gasteiger partial charge on any atom is 0.381 e. The number of ether oxygens (including phenoxy) is 1.